The molecule has 0 aliphatic carbocycles. The lowest BCUT2D eigenvalue weighted by molar-refractivity contribution is -0.384. The van der Waals surface area contributed by atoms with Crippen molar-refractivity contribution in [3.63, 3.8) is 0 Å². The minimum absolute atomic E-state index is 0.0316. The second-order valence-corrected chi connectivity index (χ2v) is 4.76. The Hall–Kier alpha value is -1.82. The molecule has 1 rings (SSSR count). The van der Waals surface area contributed by atoms with Crippen molar-refractivity contribution in [3.05, 3.63) is 28.3 Å². The molecule has 6 heteroatoms. The van der Waals surface area contributed by atoms with Gasteiger partial charge in [0, 0.05) is 42.7 Å². The third-order valence-electron chi connectivity index (χ3n) is 2.64. The first-order valence-corrected chi connectivity index (χ1v) is 5.74. The summed E-state index contributed by atoms with van der Waals surface area (Å²) >= 11 is 0. The van der Waals surface area contributed by atoms with E-state index in [0.717, 1.165) is 0 Å². The predicted octanol–water partition coefficient (Wildman–Crippen LogP) is 2.21. The molecule has 0 saturated heterocycles. The number of aliphatic hydroxyl groups is 1. The number of rotatable bonds is 6. The summed E-state index contributed by atoms with van der Waals surface area (Å²) in [6.07, 6.45) is 0.560. The monoisotopic (exact) mass is 253 g/mol. The van der Waals surface area contributed by atoms with Gasteiger partial charge < -0.3 is 15.7 Å². The van der Waals surface area contributed by atoms with Crippen LogP contribution in [0.2, 0.25) is 0 Å². The average Bonchev–Trinajstić information content (AvgIpc) is 2.27. The zero-order valence-electron chi connectivity index (χ0n) is 10.9. The molecule has 0 amide bonds. The normalized spacial score (nSPS) is 11.1. The summed E-state index contributed by atoms with van der Waals surface area (Å²) in [5, 5.41) is 25.9. The highest BCUT2D eigenvalue weighted by molar-refractivity contribution is 5.63. The van der Waals surface area contributed by atoms with E-state index in [1.54, 1.807) is 13.1 Å². The molecule has 0 unspecified atom stereocenters. The van der Waals surface area contributed by atoms with Gasteiger partial charge in [-0.1, -0.05) is 0 Å². The highest BCUT2D eigenvalue weighted by atomic mass is 16.6. The predicted molar refractivity (Wildman–Crippen MR) is 72.0 cm³/mol. The molecule has 18 heavy (non-hydrogen) atoms. The van der Waals surface area contributed by atoms with Crippen LogP contribution in [-0.2, 0) is 0 Å². The second-order valence-electron chi connectivity index (χ2n) is 4.76. The summed E-state index contributed by atoms with van der Waals surface area (Å²) in [4.78, 5) is 10.4. The van der Waals surface area contributed by atoms with E-state index in [0.29, 0.717) is 17.8 Å². The van der Waals surface area contributed by atoms with Crippen molar-refractivity contribution in [1.82, 2.24) is 0 Å². The standard InChI is InChI=1S/C12H19N3O3/c1-12(2,4-5-16)14-10-6-9(13-3)7-11(8-10)15(17)18/h6-8,13-14,16H,4-5H2,1-3H3. The Labute approximate surface area is 106 Å². The Morgan fingerprint density at radius 1 is 1.33 bits per heavy atom. The molecule has 1 aromatic rings. The van der Waals surface area contributed by atoms with E-state index in [1.165, 1.54) is 12.1 Å². The number of hydrogen-bond acceptors (Lipinski definition) is 5. The molecule has 0 fully saturated rings. The van der Waals surface area contributed by atoms with Crippen molar-refractivity contribution in [3.8, 4) is 0 Å². The maximum absolute atomic E-state index is 10.8. The van der Waals surface area contributed by atoms with Crippen LogP contribution >= 0.6 is 0 Å². The molecule has 0 bridgehead atoms. The van der Waals surface area contributed by atoms with Crippen LogP contribution in [0.25, 0.3) is 0 Å². The van der Waals surface area contributed by atoms with Gasteiger partial charge >= 0.3 is 0 Å². The molecule has 6 nitrogen and oxygen atoms in total. The van der Waals surface area contributed by atoms with Gasteiger partial charge in [0.05, 0.1) is 4.92 Å². The number of benzene rings is 1. The Kier molecular flexibility index (Phi) is 4.49. The fraction of sp³-hybridized carbons (Fsp3) is 0.500. The van der Waals surface area contributed by atoms with Crippen LogP contribution in [-0.4, -0.2) is 29.2 Å². The first-order valence-electron chi connectivity index (χ1n) is 5.74. The Balaban J connectivity index is 3.01. The quantitative estimate of drug-likeness (QED) is 0.534. The first kappa shape index (κ1) is 14.2. The molecule has 100 valence electrons. The van der Waals surface area contributed by atoms with Gasteiger partial charge in [-0.05, 0) is 26.3 Å². The van der Waals surface area contributed by atoms with Gasteiger partial charge in [-0.25, -0.2) is 0 Å². The van der Waals surface area contributed by atoms with Crippen LogP contribution in [0, 0.1) is 10.1 Å². The highest BCUT2D eigenvalue weighted by Crippen LogP contribution is 2.27. The van der Waals surface area contributed by atoms with Crippen molar-refractivity contribution >= 4 is 17.1 Å². The fourth-order valence-corrected chi connectivity index (χ4v) is 1.67. The van der Waals surface area contributed by atoms with E-state index >= 15 is 0 Å². The molecule has 0 aliphatic rings. The highest BCUT2D eigenvalue weighted by Gasteiger charge is 2.18. The Morgan fingerprint density at radius 3 is 2.44 bits per heavy atom. The molecule has 0 aromatic heterocycles. The van der Waals surface area contributed by atoms with Crippen LogP contribution in [0.5, 0.6) is 0 Å². The number of nitro groups is 1. The number of aliphatic hydroxyl groups excluding tert-OH is 1. The van der Waals surface area contributed by atoms with Gasteiger partial charge in [-0.3, -0.25) is 10.1 Å². The Bertz CT molecular complexity index is 433. The van der Waals surface area contributed by atoms with Crippen LogP contribution in [0.15, 0.2) is 18.2 Å². The van der Waals surface area contributed by atoms with Crippen molar-refractivity contribution in [2.45, 2.75) is 25.8 Å². The number of nitrogens with one attached hydrogen (secondary N) is 2. The van der Waals surface area contributed by atoms with Crippen molar-refractivity contribution in [2.24, 2.45) is 0 Å². The van der Waals surface area contributed by atoms with Gasteiger partial charge in [0.15, 0.2) is 0 Å². The number of hydrogen-bond donors (Lipinski definition) is 3. The molecular formula is C12H19N3O3. The second kappa shape index (κ2) is 5.68. The molecule has 0 radical (unpaired) electrons. The SMILES string of the molecule is CNc1cc(NC(C)(C)CCO)cc([N+](=O)[O-])c1. The maximum atomic E-state index is 10.8. The topological polar surface area (TPSA) is 87.4 Å². The molecule has 0 aliphatic heterocycles. The third kappa shape index (κ3) is 3.89. The molecular weight excluding hydrogens is 234 g/mol. The lowest BCUT2D eigenvalue weighted by Gasteiger charge is -2.26. The molecule has 1 aromatic carbocycles. The summed E-state index contributed by atoms with van der Waals surface area (Å²) in [5.41, 5.74) is 1.04. The van der Waals surface area contributed by atoms with Gasteiger partial charge in [0.25, 0.3) is 5.69 Å². The smallest absolute Gasteiger partial charge is 0.273 e. The lowest BCUT2D eigenvalue weighted by atomic mass is 10.0. The minimum atomic E-state index is -0.426. The summed E-state index contributed by atoms with van der Waals surface area (Å²) in [7, 11) is 1.71. The zero-order chi connectivity index (χ0) is 13.8. The third-order valence-corrected chi connectivity index (χ3v) is 2.64. The largest absolute Gasteiger partial charge is 0.396 e. The minimum Gasteiger partial charge on any atom is -0.396 e. The maximum Gasteiger partial charge on any atom is 0.273 e. The number of non-ortho nitro benzene ring substituents is 1. The van der Waals surface area contributed by atoms with E-state index in [-0.39, 0.29) is 17.8 Å². The van der Waals surface area contributed by atoms with Gasteiger partial charge in [-0.15, -0.1) is 0 Å². The average molecular weight is 253 g/mol. The van der Waals surface area contributed by atoms with Crippen LogP contribution in [0.1, 0.15) is 20.3 Å². The van der Waals surface area contributed by atoms with Gasteiger partial charge in [0.2, 0.25) is 0 Å². The molecule has 0 atom stereocenters. The molecule has 0 saturated carbocycles. The van der Waals surface area contributed by atoms with E-state index < -0.39 is 4.92 Å². The van der Waals surface area contributed by atoms with E-state index in [9.17, 15) is 10.1 Å². The van der Waals surface area contributed by atoms with Crippen molar-refractivity contribution < 1.29 is 10.0 Å². The number of anilines is 2. The summed E-state index contributed by atoms with van der Waals surface area (Å²) in [6.45, 7) is 3.93. The van der Waals surface area contributed by atoms with E-state index in [1.807, 2.05) is 13.8 Å². The molecule has 3 N–H and O–H groups in total. The number of nitro benzene ring substituents is 1. The Morgan fingerprint density at radius 2 is 1.94 bits per heavy atom. The van der Waals surface area contributed by atoms with E-state index in [2.05, 4.69) is 10.6 Å². The fourth-order valence-electron chi connectivity index (χ4n) is 1.67. The van der Waals surface area contributed by atoms with Crippen LogP contribution < -0.4 is 10.6 Å². The summed E-state index contributed by atoms with van der Waals surface area (Å²) in [5.74, 6) is 0. The van der Waals surface area contributed by atoms with E-state index in [4.69, 9.17) is 5.11 Å². The van der Waals surface area contributed by atoms with Gasteiger partial charge in [0.1, 0.15) is 0 Å². The van der Waals surface area contributed by atoms with Crippen molar-refractivity contribution in [1.29, 1.82) is 0 Å². The molecule has 0 heterocycles. The van der Waals surface area contributed by atoms with Crippen LogP contribution in [0.4, 0.5) is 17.1 Å². The van der Waals surface area contributed by atoms with Crippen molar-refractivity contribution in [2.75, 3.05) is 24.3 Å². The van der Waals surface area contributed by atoms with Gasteiger partial charge in [-0.2, -0.15) is 0 Å². The molecule has 0 spiro atoms. The number of nitrogens with zero attached hydrogens (tertiary/aromatic N) is 1. The zero-order valence-corrected chi connectivity index (χ0v) is 10.9. The lowest BCUT2D eigenvalue weighted by Crippen LogP contribution is -2.31. The van der Waals surface area contributed by atoms with Crippen LogP contribution in [0.3, 0.4) is 0 Å². The summed E-state index contributed by atoms with van der Waals surface area (Å²) in [6, 6.07) is 4.76. The summed E-state index contributed by atoms with van der Waals surface area (Å²) < 4.78 is 0. The first-order chi connectivity index (χ1) is 8.38.